The maximum absolute atomic E-state index is 14.1. The Morgan fingerprint density at radius 1 is 0.548 bits per heavy atom. The van der Waals surface area contributed by atoms with E-state index in [0.29, 0.717) is 38.8 Å². The van der Waals surface area contributed by atoms with Crippen molar-refractivity contribution in [2.45, 2.75) is 154 Å². The van der Waals surface area contributed by atoms with Crippen molar-refractivity contribution in [1.82, 2.24) is 41.7 Å². The zero-order valence-electron chi connectivity index (χ0n) is 38.1. The van der Waals surface area contributed by atoms with Gasteiger partial charge in [-0.2, -0.15) is 0 Å². The van der Waals surface area contributed by atoms with E-state index in [1.807, 2.05) is 27.7 Å². The first kappa shape index (κ1) is 46.7. The number of nitrogens with one attached hydrogen (secondary N) is 6. The normalized spacial score (nSPS) is 22.9. The van der Waals surface area contributed by atoms with Gasteiger partial charge in [0.2, 0.25) is 35.4 Å². The molecule has 8 atom stereocenters. The zero-order valence-corrected chi connectivity index (χ0v) is 38.1. The summed E-state index contributed by atoms with van der Waals surface area (Å²) >= 11 is 0. The Bertz CT molecular complexity index is 1850. The highest BCUT2D eigenvalue weighted by molar-refractivity contribution is 5.95. The number of carbonyl (C=O) groups excluding carboxylic acids is 6. The van der Waals surface area contributed by atoms with Gasteiger partial charge in [-0.05, 0) is 137 Å². The van der Waals surface area contributed by atoms with Crippen LogP contribution >= 0.6 is 0 Å². The van der Waals surface area contributed by atoms with Gasteiger partial charge in [0.15, 0.2) is 0 Å². The molecule has 2 aromatic carbocycles. The molecule has 2 heterocycles. The summed E-state index contributed by atoms with van der Waals surface area (Å²) in [5, 5.41) is 18.4. The molecule has 0 unspecified atom stereocenters. The zero-order chi connectivity index (χ0) is 44.8. The highest BCUT2D eigenvalue weighted by Gasteiger charge is 2.42. The van der Waals surface area contributed by atoms with Crippen LogP contribution in [0.3, 0.4) is 0 Å². The quantitative estimate of drug-likeness (QED) is 0.157. The lowest BCUT2D eigenvalue weighted by atomic mass is 9.78. The average molecular weight is 855 g/mol. The predicted molar refractivity (Wildman–Crippen MR) is 240 cm³/mol. The number of benzene rings is 2. The van der Waals surface area contributed by atoms with Crippen molar-refractivity contribution in [2.75, 3.05) is 27.2 Å². The van der Waals surface area contributed by atoms with E-state index >= 15 is 0 Å². The van der Waals surface area contributed by atoms with E-state index in [9.17, 15) is 28.8 Å². The molecular formula is C48H70N8O6. The van der Waals surface area contributed by atoms with Crippen molar-refractivity contribution in [2.24, 2.45) is 11.8 Å². The molecule has 0 aromatic heterocycles. The Morgan fingerprint density at radius 2 is 0.935 bits per heavy atom. The van der Waals surface area contributed by atoms with E-state index in [1.54, 1.807) is 37.7 Å². The minimum atomic E-state index is -0.730. The molecule has 2 saturated heterocycles. The van der Waals surface area contributed by atoms with E-state index in [4.69, 9.17) is 0 Å². The first-order chi connectivity index (χ1) is 29.7. The van der Waals surface area contributed by atoms with Gasteiger partial charge in [-0.3, -0.25) is 28.8 Å². The molecule has 2 aliphatic heterocycles. The molecule has 338 valence electrons. The van der Waals surface area contributed by atoms with Crippen LogP contribution in [0.15, 0.2) is 36.4 Å². The Labute approximate surface area is 367 Å². The van der Waals surface area contributed by atoms with Crippen molar-refractivity contribution < 1.29 is 28.8 Å². The SMILES string of the molecule is CN[C@@H](C)C(=O)N[C@H](C(=O)N1CCC[C@H]1C(=O)N[C@@H]1CCCc2c(-c3cccc4c3CCC[C@H]4NC(=O)[C@@H]3CCCN3C(=O)[C@@H](NC(=O)[C@H](C)NC)C(C)C)cccc21)C(C)C. The van der Waals surface area contributed by atoms with Crippen LogP contribution in [0.5, 0.6) is 0 Å². The minimum Gasteiger partial charge on any atom is -0.347 e. The summed E-state index contributed by atoms with van der Waals surface area (Å²) in [5.41, 5.74) is 6.87. The van der Waals surface area contributed by atoms with Gasteiger partial charge in [0.25, 0.3) is 0 Å². The van der Waals surface area contributed by atoms with E-state index in [0.717, 1.165) is 60.8 Å². The largest absolute Gasteiger partial charge is 0.347 e. The fourth-order valence-corrected chi connectivity index (χ4v) is 9.85. The van der Waals surface area contributed by atoms with Crippen LogP contribution in [0.4, 0.5) is 0 Å². The Kier molecular flexibility index (Phi) is 15.5. The number of fused-ring (bicyclic) bond motifs is 2. The summed E-state index contributed by atoms with van der Waals surface area (Å²) in [6.07, 6.45) is 7.67. The van der Waals surface area contributed by atoms with Gasteiger partial charge in [-0.1, -0.05) is 64.1 Å². The van der Waals surface area contributed by atoms with E-state index < -0.39 is 36.3 Å². The summed E-state index contributed by atoms with van der Waals surface area (Å²) in [7, 11) is 3.40. The molecule has 2 fully saturated rings. The van der Waals surface area contributed by atoms with Gasteiger partial charge >= 0.3 is 0 Å². The molecule has 6 rings (SSSR count). The number of likely N-dealkylation sites (tertiary alicyclic amines) is 2. The molecule has 14 nitrogen and oxygen atoms in total. The monoisotopic (exact) mass is 855 g/mol. The Hall–Kier alpha value is -4.82. The second-order valence-corrected chi connectivity index (χ2v) is 18.5. The molecule has 62 heavy (non-hydrogen) atoms. The van der Waals surface area contributed by atoms with Crippen LogP contribution in [-0.4, -0.2) is 109 Å². The predicted octanol–water partition coefficient (Wildman–Crippen LogP) is 3.82. The molecule has 6 N–H and O–H groups in total. The fourth-order valence-electron chi connectivity index (χ4n) is 9.85. The van der Waals surface area contributed by atoms with Crippen LogP contribution in [0.2, 0.25) is 0 Å². The van der Waals surface area contributed by atoms with Gasteiger partial charge in [-0.15, -0.1) is 0 Å². The molecule has 0 spiro atoms. The van der Waals surface area contributed by atoms with Gasteiger partial charge in [-0.25, -0.2) is 0 Å². The molecular weight excluding hydrogens is 785 g/mol. The van der Waals surface area contributed by atoms with Crippen LogP contribution in [0, 0.1) is 11.8 Å². The Balaban J connectivity index is 1.17. The van der Waals surface area contributed by atoms with Crippen molar-refractivity contribution in [3.05, 3.63) is 58.7 Å². The summed E-state index contributed by atoms with van der Waals surface area (Å²) in [4.78, 5) is 84.9. The maximum Gasteiger partial charge on any atom is 0.246 e. The second kappa shape index (κ2) is 20.6. The molecule has 0 radical (unpaired) electrons. The summed E-state index contributed by atoms with van der Waals surface area (Å²) < 4.78 is 0. The molecule has 2 aromatic rings. The van der Waals surface area contributed by atoms with Crippen molar-refractivity contribution in [1.29, 1.82) is 0 Å². The third kappa shape index (κ3) is 10.0. The molecule has 14 heteroatoms. The highest BCUT2D eigenvalue weighted by Crippen LogP contribution is 2.42. The van der Waals surface area contributed by atoms with Crippen molar-refractivity contribution in [3.63, 3.8) is 0 Å². The molecule has 2 aliphatic carbocycles. The number of amides is 6. The Morgan fingerprint density at radius 3 is 1.29 bits per heavy atom. The molecule has 6 amide bonds. The molecule has 4 aliphatic rings. The lowest BCUT2D eigenvalue weighted by molar-refractivity contribution is -0.142. The summed E-state index contributed by atoms with van der Waals surface area (Å²) in [6, 6.07) is 8.67. The van der Waals surface area contributed by atoms with Crippen molar-refractivity contribution in [3.8, 4) is 11.1 Å². The summed E-state index contributed by atoms with van der Waals surface area (Å²) in [5.74, 6) is -1.58. The van der Waals surface area contributed by atoms with Crippen LogP contribution in [-0.2, 0) is 41.6 Å². The first-order valence-electron chi connectivity index (χ1n) is 23.1. The van der Waals surface area contributed by atoms with E-state index in [2.05, 4.69) is 68.3 Å². The number of carbonyl (C=O) groups is 6. The van der Waals surface area contributed by atoms with E-state index in [1.165, 1.54) is 11.1 Å². The lowest BCUT2D eigenvalue weighted by Crippen LogP contribution is -2.57. The molecule has 0 saturated carbocycles. The lowest BCUT2D eigenvalue weighted by Gasteiger charge is -2.34. The van der Waals surface area contributed by atoms with Gasteiger partial charge in [0.1, 0.15) is 24.2 Å². The number of likely N-dealkylation sites (N-methyl/N-ethyl adjacent to an activating group) is 2. The third-order valence-corrected chi connectivity index (χ3v) is 13.7. The van der Waals surface area contributed by atoms with Gasteiger partial charge in [0.05, 0.1) is 24.2 Å². The van der Waals surface area contributed by atoms with E-state index in [-0.39, 0.29) is 59.4 Å². The molecule has 0 bridgehead atoms. The van der Waals surface area contributed by atoms with Gasteiger partial charge in [0, 0.05) is 13.1 Å². The highest BCUT2D eigenvalue weighted by atomic mass is 16.2. The number of hydrogen-bond acceptors (Lipinski definition) is 8. The first-order valence-corrected chi connectivity index (χ1v) is 23.1. The second-order valence-electron chi connectivity index (χ2n) is 18.5. The third-order valence-electron chi connectivity index (χ3n) is 13.7. The number of rotatable bonds is 15. The maximum atomic E-state index is 14.1. The number of nitrogens with zero attached hydrogens (tertiary/aromatic N) is 2. The van der Waals surface area contributed by atoms with Crippen molar-refractivity contribution >= 4 is 35.4 Å². The summed E-state index contributed by atoms with van der Waals surface area (Å²) in [6.45, 7) is 12.1. The van der Waals surface area contributed by atoms with Gasteiger partial charge < -0.3 is 41.7 Å². The fraction of sp³-hybridized carbons (Fsp3) is 0.625. The topological polar surface area (TPSA) is 181 Å². The number of hydrogen-bond donors (Lipinski definition) is 6. The smallest absolute Gasteiger partial charge is 0.246 e. The minimum absolute atomic E-state index is 0.149. The van der Waals surface area contributed by atoms with Crippen LogP contribution in [0.1, 0.15) is 127 Å². The van der Waals surface area contributed by atoms with Crippen LogP contribution in [0.25, 0.3) is 11.1 Å². The van der Waals surface area contributed by atoms with Crippen LogP contribution < -0.4 is 31.9 Å². The average Bonchev–Trinajstić information content (AvgIpc) is 3.97. The standard InChI is InChI=1S/C48H70N8O6/c1-27(2)41(53-43(57)29(5)49-7)47(61)55-25-13-23-39(55)45(59)51-37-21-11-17-33-31(15-9-19-35(33)37)32-16-10-20-36-34(32)18-12-22-38(36)52-46(60)40-24-14-26-56(40)48(62)42(28(3)4)54-44(58)30(6)50-8/h9-10,15-16,19-20,27-30,37-42,49-50H,11-14,17-18,21-26H2,1-8H3,(H,51,59)(H,52,60)(H,53,57)(H,54,58)/t29-,30-,37+,38+,39-,40-,41-,42-/m0/s1.